The summed E-state index contributed by atoms with van der Waals surface area (Å²) in [5, 5.41) is 0. The van der Waals surface area contributed by atoms with Crippen LogP contribution in [0.5, 0.6) is 11.5 Å². The van der Waals surface area contributed by atoms with Gasteiger partial charge in [0.05, 0.1) is 6.67 Å². The maximum atomic E-state index is 13.1. The van der Waals surface area contributed by atoms with Crippen LogP contribution >= 0.6 is 0 Å². The Morgan fingerprint density at radius 2 is 2.00 bits per heavy atom. The van der Waals surface area contributed by atoms with Crippen LogP contribution in [-0.4, -0.2) is 49.7 Å². The first kappa shape index (κ1) is 29.8. The average Bonchev–Trinajstić information content (AvgIpc) is 3.18. The quantitative estimate of drug-likeness (QED) is 0.275. The molecular formula is C35H39F2NO4. The third kappa shape index (κ3) is 7.19. The fourth-order valence-electron chi connectivity index (χ4n) is 6.07. The summed E-state index contributed by atoms with van der Waals surface area (Å²) in [5.41, 5.74) is 7.54. The molecule has 2 aliphatic carbocycles. The zero-order valence-electron chi connectivity index (χ0n) is 24.5. The standard InChI is InChI=1S/C35H39F2NO4/c1-24-20-28(11-15-34(24)40-23-25(2)39)32-9-4-7-27-21-30(42-37)13-14-33(27)35(32)26-6-3-8-29(12-10-26)41-31-16-19-38(22-31)18-5-17-36/h3,6,10-15,20-21,31H,4-5,7-9,16-19,22-23H2,1-2H3/t31-/m0/s1. The van der Waals surface area contributed by atoms with E-state index in [1.165, 1.54) is 12.5 Å². The van der Waals surface area contributed by atoms with E-state index in [0.717, 1.165) is 84.5 Å². The molecule has 3 aliphatic rings. The molecule has 5 rings (SSSR count). The van der Waals surface area contributed by atoms with Gasteiger partial charge in [0.1, 0.15) is 24.2 Å². The van der Waals surface area contributed by atoms with E-state index in [-0.39, 0.29) is 30.9 Å². The van der Waals surface area contributed by atoms with Crippen molar-refractivity contribution in [1.29, 1.82) is 0 Å². The van der Waals surface area contributed by atoms with Gasteiger partial charge in [-0.3, -0.25) is 19.0 Å². The molecule has 0 bridgehead atoms. The van der Waals surface area contributed by atoms with Crippen LogP contribution in [0.4, 0.5) is 8.92 Å². The van der Waals surface area contributed by atoms with Crippen LogP contribution in [0.1, 0.15) is 61.3 Å². The Bertz CT molecular complexity index is 1420. The van der Waals surface area contributed by atoms with Crippen molar-refractivity contribution in [2.24, 2.45) is 0 Å². The number of nitrogens with zero attached hydrogens (tertiary/aromatic N) is 1. The number of ketones is 1. The molecule has 0 aromatic heterocycles. The number of rotatable bonds is 11. The molecule has 2 aromatic rings. The fraction of sp³-hybridized carbons (Fsp3) is 0.400. The zero-order chi connectivity index (χ0) is 29.5. The monoisotopic (exact) mass is 575 g/mol. The van der Waals surface area contributed by atoms with Gasteiger partial charge in [0.2, 0.25) is 0 Å². The Kier molecular flexibility index (Phi) is 9.90. The molecule has 1 saturated heterocycles. The third-order valence-electron chi connectivity index (χ3n) is 8.07. The van der Waals surface area contributed by atoms with Crippen molar-refractivity contribution in [3.8, 4) is 11.5 Å². The lowest BCUT2D eigenvalue weighted by Crippen LogP contribution is -2.24. The molecule has 7 heteroatoms. The number of likely N-dealkylation sites (tertiary alicyclic amines) is 1. The number of fused-ring (bicyclic) bond motifs is 1. The SMILES string of the molecule is CC(=O)COc1ccc(C2=C(C3=CC=C(O[C@H]4CCN(CCCF)C4)CC=C3)c3ccc(OF)cc3CCC2)cc1C. The summed E-state index contributed by atoms with van der Waals surface area (Å²) in [6.07, 6.45) is 13.3. The normalized spacial score (nSPS) is 19.0. The molecule has 42 heavy (non-hydrogen) atoms. The first-order valence-electron chi connectivity index (χ1n) is 14.9. The summed E-state index contributed by atoms with van der Waals surface area (Å²) in [4.78, 5) is 17.8. The van der Waals surface area contributed by atoms with E-state index < -0.39 is 0 Å². The largest absolute Gasteiger partial charge is 0.493 e. The molecule has 5 nitrogen and oxygen atoms in total. The number of Topliss-reactive ketones (excluding diaryl/α,β-unsaturated/α-hetero) is 1. The molecule has 0 amide bonds. The van der Waals surface area contributed by atoms with E-state index in [4.69, 9.17) is 9.47 Å². The molecule has 0 radical (unpaired) electrons. The summed E-state index contributed by atoms with van der Waals surface area (Å²) < 4.78 is 37.9. The van der Waals surface area contributed by atoms with E-state index in [9.17, 15) is 13.7 Å². The predicted octanol–water partition coefficient (Wildman–Crippen LogP) is 7.69. The molecule has 222 valence electrons. The second-order valence-electron chi connectivity index (χ2n) is 11.3. The Morgan fingerprint density at radius 3 is 2.79 bits per heavy atom. The average molecular weight is 576 g/mol. The van der Waals surface area contributed by atoms with Crippen molar-refractivity contribution < 1.29 is 28.1 Å². The molecule has 0 saturated carbocycles. The number of aryl methyl sites for hydroxylation is 2. The first-order chi connectivity index (χ1) is 20.4. The molecule has 1 aliphatic heterocycles. The smallest absolute Gasteiger partial charge is 0.172 e. The van der Waals surface area contributed by atoms with Crippen LogP contribution in [0, 0.1) is 6.92 Å². The van der Waals surface area contributed by atoms with Crippen LogP contribution in [0.25, 0.3) is 11.1 Å². The summed E-state index contributed by atoms with van der Waals surface area (Å²) in [6.45, 7) is 5.80. The van der Waals surface area contributed by atoms with Crippen LogP contribution in [0.3, 0.4) is 0 Å². The number of hydrogen-bond donors (Lipinski definition) is 0. The number of carbonyl (C=O) groups is 1. The van der Waals surface area contributed by atoms with Crippen molar-refractivity contribution in [1.82, 2.24) is 4.90 Å². The summed E-state index contributed by atoms with van der Waals surface area (Å²) in [5.74, 6) is 1.80. The van der Waals surface area contributed by atoms with E-state index in [1.807, 2.05) is 19.1 Å². The number of halogens is 2. The number of alkyl halides is 1. The molecular weight excluding hydrogens is 536 g/mol. The van der Waals surface area contributed by atoms with Gasteiger partial charge in [-0.2, -0.15) is 0 Å². The Hall–Kier alpha value is -3.71. The number of hydrogen-bond acceptors (Lipinski definition) is 5. The molecule has 1 heterocycles. The topological polar surface area (TPSA) is 48.0 Å². The molecule has 1 fully saturated rings. The third-order valence-corrected chi connectivity index (χ3v) is 8.07. The van der Waals surface area contributed by atoms with Gasteiger partial charge in [0.25, 0.3) is 0 Å². The minimum absolute atomic E-state index is 0.0222. The van der Waals surface area contributed by atoms with Gasteiger partial charge in [-0.25, -0.2) is 0 Å². The highest BCUT2D eigenvalue weighted by Gasteiger charge is 2.25. The zero-order valence-corrected chi connectivity index (χ0v) is 24.5. The summed E-state index contributed by atoms with van der Waals surface area (Å²) in [7, 11) is 0. The van der Waals surface area contributed by atoms with Crippen molar-refractivity contribution in [2.45, 2.75) is 58.5 Å². The number of benzene rings is 2. The number of ether oxygens (including phenoxy) is 2. The van der Waals surface area contributed by atoms with Crippen LogP contribution in [-0.2, 0) is 16.0 Å². The van der Waals surface area contributed by atoms with Gasteiger partial charge in [-0.1, -0.05) is 30.4 Å². The molecule has 0 N–H and O–H groups in total. The Morgan fingerprint density at radius 1 is 1.12 bits per heavy atom. The molecule has 0 spiro atoms. The number of allylic oxidation sites excluding steroid dienone is 7. The maximum Gasteiger partial charge on any atom is 0.172 e. The van der Waals surface area contributed by atoms with Gasteiger partial charge in [-0.05, 0) is 115 Å². The highest BCUT2D eigenvalue weighted by atomic mass is 19.3. The lowest BCUT2D eigenvalue weighted by molar-refractivity contribution is -0.118. The van der Waals surface area contributed by atoms with Crippen molar-refractivity contribution in [2.75, 3.05) is 32.9 Å². The Balaban J connectivity index is 1.50. The minimum Gasteiger partial charge on any atom is -0.493 e. The van der Waals surface area contributed by atoms with Gasteiger partial charge in [0, 0.05) is 30.6 Å². The molecule has 1 atom stereocenters. The Labute approximate surface area is 247 Å². The minimum atomic E-state index is -0.286. The van der Waals surface area contributed by atoms with E-state index in [0.29, 0.717) is 18.6 Å². The van der Waals surface area contributed by atoms with Gasteiger partial charge >= 0.3 is 0 Å². The summed E-state index contributed by atoms with van der Waals surface area (Å²) >= 11 is 0. The van der Waals surface area contributed by atoms with Crippen LogP contribution in [0.2, 0.25) is 0 Å². The lowest BCUT2D eigenvalue weighted by atomic mass is 9.86. The number of carbonyl (C=O) groups excluding carboxylic acids is 1. The van der Waals surface area contributed by atoms with Crippen LogP contribution < -0.4 is 9.68 Å². The molecule has 2 aromatic carbocycles. The van der Waals surface area contributed by atoms with Gasteiger partial charge in [0.15, 0.2) is 11.5 Å². The first-order valence-corrected chi connectivity index (χ1v) is 14.9. The van der Waals surface area contributed by atoms with Crippen molar-refractivity contribution >= 4 is 16.9 Å². The van der Waals surface area contributed by atoms with Gasteiger partial charge < -0.3 is 9.47 Å². The fourth-order valence-corrected chi connectivity index (χ4v) is 6.07. The second kappa shape index (κ2) is 14.0. The predicted molar refractivity (Wildman–Crippen MR) is 162 cm³/mol. The maximum absolute atomic E-state index is 13.1. The molecule has 0 unspecified atom stereocenters. The second-order valence-corrected chi connectivity index (χ2v) is 11.3. The van der Waals surface area contributed by atoms with Crippen molar-refractivity contribution in [3.63, 3.8) is 0 Å². The van der Waals surface area contributed by atoms with E-state index in [1.54, 1.807) is 12.1 Å². The van der Waals surface area contributed by atoms with Crippen molar-refractivity contribution in [3.05, 3.63) is 94.3 Å². The van der Waals surface area contributed by atoms with Gasteiger partial charge in [-0.15, -0.1) is 0 Å². The highest BCUT2D eigenvalue weighted by molar-refractivity contribution is 6.01. The van der Waals surface area contributed by atoms with E-state index in [2.05, 4.69) is 46.3 Å². The van der Waals surface area contributed by atoms with E-state index >= 15 is 0 Å². The van der Waals surface area contributed by atoms with Crippen LogP contribution in [0.15, 0.2) is 72.0 Å². The highest BCUT2D eigenvalue weighted by Crippen LogP contribution is 2.42. The summed E-state index contributed by atoms with van der Waals surface area (Å²) in [6, 6.07) is 11.5. The lowest BCUT2D eigenvalue weighted by Gasteiger charge is -2.18.